The van der Waals surface area contributed by atoms with Gasteiger partial charge in [-0.05, 0) is 12.0 Å². The van der Waals surface area contributed by atoms with E-state index in [1.165, 1.54) is 0 Å². The molecule has 0 spiro atoms. The van der Waals surface area contributed by atoms with Crippen LogP contribution in [0.5, 0.6) is 0 Å². The maximum atomic E-state index is 12.5. The van der Waals surface area contributed by atoms with Crippen molar-refractivity contribution in [1.82, 2.24) is 4.74 Å². The minimum absolute atomic E-state index is 0.272. The number of hydrogen-bond donors (Lipinski definition) is 0. The first-order chi connectivity index (χ1) is 11.3. The van der Waals surface area contributed by atoms with Gasteiger partial charge in [-0.15, -0.1) is 0 Å². The Morgan fingerprint density at radius 1 is 0.870 bits per heavy atom. The van der Waals surface area contributed by atoms with Crippen LogP contribution in [0.1, 0.15) is 26.2 Å². The lowest BCUT2D eigenvalue weighted by atomic mass is 10.0. The Morgan fingerprint density at radius 2 is 1.48 bits per heavy atom. The largest absolute Gasteiger partial charge is 0.365 e. The van der Waals surface area contributed by atoms with Gasteiger partial charge in [-0.3, -0.25) is 0 Å². The number of hydrogen-bond acceptors (Lipinski definition) is 2. The molecule has 0 saturated heterocycles. The first kappa shape index (κ1) is 15.3. The molecule has 0 unspecified atom stereocenters. The van der Waals surface area contributed by atoms with Crippen molar-refractivity contribution in [1.29, 1.82) is 0 Å². The summed E-state index contributed by atoms with van der Waals surface area (Å²) in [7, 11) is 0. The molecule has 0 aliphatic heterocycles. The average molecular weight is 307 g/mol. The van der Waals surface area contributed by atoms with Gasteiger partial charge in [-0.2, -0.15) is 0 Å². The standard InChI is InChI=1S/C20H21NO2/c1-2-3-10-15-21-19(17-13-8-5-9-14-17)18(20(22)23-21)16-11-6-4-7-12-16/h4-9,11-14H,2-3,10,15H2,1H3. The Morgan fingerprint density at radius 3 is 2.09 bits per heavy atom. The Kier molecular flexibility index (Phi) is 4.77. The van der Waals surface area contributed by atoms with Crippen LogP contribution >= 0.6 is 0 Å². The molecule has 0 fully saturated rings. The molecule has 0 N–H and O–H groups in total. The van der Waals surface area contributed by atoms with Crippen LogP contribution in [0.4, 0.5) is 0 Å². The van der Waals surface area contributed by atoms with Crippen LogP contribution in [0, 0.1) is 0 Å². The summed E-state index contributed by atoms with van der Waals surface area (Å²) in [4.78, 5) is 12.5. The van der Waals surface area contributed by atoms with Crippen molar-refractivity contribution < 1.29 is 4.52 Å². The Bertz CT molecular complexity index is 801. The van der Waals surface area contributed by atoms with Gasteiger partial charge >= 0.3 is 5.63 Å². The van der Waals surface area contributed by atoms with E-state index in [4.69, 9.17) is 4.52 Å². The maximum Gasteiger partial charge on any atom is 0.365 e. The molecule has 0 amide bonds. The fourth-order valence-corrected chi connectivity index (χ4v) is 2.82. The summed E-state index contributed by atoms with van der Waals surface area (Å²) >= 11 is 0. The molecule has 1 aromatic heterocycles. The van der Waals surface area contributed by atoms with Crippen LogP contribution in [0.2, 0.25) is 0 Å². The molecule has 0 saturated carbocycles. The summed E-state index contributed by atoms with van der Waals surface area (Å²) in [6, 6.07) is 19.7. The van der Waals surface area contributed by atoms with Gasteiger partial charge in [0.2, 0.25) is 0 Å². The van der Waals surface area contributed by atoms with Crippen molar-refractivity contribution in [3.05, 3.63) is 71.1 Å². The van der Waals surface area contributed by atoms with Crippen molar-refractivity contribution in [3.8, 4) is 22.4 Å². The second-order valence-corrected chi connectivity index (χ2v) is 5.64. The number of aromatic nitrogens is 1. The molecule has 0 aliphatic carbocycles. The summed E-state index contributed by atoms with van der Waals surface area (Å²) in [5.74, 6) is 0. The van der Waals surface area contributed by atoms with Gasteiger partial charge in [0.15, 0.2) is 0 Å². The number of nitrogens with zero attached hydrogens (tertiary/aromatic N) is 1. The van der Waals surface area contributed by atoms with E-state index in [0.717, 1.165) is 42.6 Å². The molecule has 0 atom stereocenters. The van der Waals surface area contributed by atoms with Gasteiger partial charge < -0.3 is 4.52 Å². The Hall–Kier alpha value is -2.55. The Balaban J connectivity index is 2.13. The normalized spacial score (nSPS) is 10.8. The summed E-state index contributed by atoms with van der Waals surface area (Å²) in [6.07, 6.45) is 3.26. The highest BCUT2D eigenvalue weighted by atomic mass is 16.5. The third-order valence-electron chi connectivity index (χ3n) is 3.96. The third-order valence-corrected chi connectivity index (χ3v) is 3.96. The van der Waals surface area contributed by atoms with Crippen LogP contribution < -0.4 is 5.63 Å². The van der Waals surface area contributed by atoms with Crippen molar-refractivity contribution in [3.63, 3.8) is 0 Å². The molecule has 0 radical (unpaired) electrons. The van der Waals surface area contributed by atoms with E-state index in [1.54, 1.807) is 4.74 Å². The molecular formula is C20H21NO2. The van der Waals surface area contributed by atoms with Crippen LogP contribution in [-0.4, -0.2) is 4.74 Å². The lowest BCUT2D eigenvalue weighted by Gasteiger charge is -2.08. The molecule has 3 aromatic rings. The van der Waals surface area contributed by atoms with E-state index in [0.29, 0.717) is 5.56 Å². The molecule has 3 heteroatoms. The number of rotatable bonds is 6. The molecule has 118 valence electrons. The first-order valence-electron chi connectivity index (χ1n) is 8.16. The zero-order chi connectivity index (χ0) is 16.1. The van der Waals surface area contributed by atoms with Crippen molar-refractivity contribution in [2.45, 2.75) is 32.7 Å². The molecule has 2 aromatic carbocycles. The van der Waals surface area contributed by atoms with Gasteiger partial charge in [0.05, 0.1) is 17.8 Å². The molecule has 3 rings (SSSR count). The van der Waals surface area contributed by atoms with Crippen LogP contribution in [0.15, 0.2) is 70.0 Å². The molecule has 0 aliphatic rings. The predicted octanol–water partition coefficient (Wildman–Crippen LogP) is 4.97. The van der Waals surface area contributed by atoms with E-state index < -0.39 is 0 Å². The SMILES string of the molecule is CCCCCn1oc(=O)c(-c2ccccc2)c1-c1ccccc1. The first-order valence-corrected chi connectivity index (χ1v) is 8.16. The highest BCUT2D eigenvalue weighted by Gasteiger charge is 2.20. The molecule has 0 bridgehead atoms. The lowest BCUT2D eigenvalue weighted by Crippen LogP contribution is -1.99. The zero-order valence-corrected chi connectivity index (χ0v) is 13.4. The minimum atomic E-state index is -0.272. The summed E-state index contributed by atoms with van der Waals surface area (Å²) in [5, 5.41) is 0. The van der Waals surface area contributed by atoms with E-state index >= 15 is 0 Å². The quantitative estimate of drug-likeness (QED) is 0.603. The highest BCUT2D eigenvalue weighted by molar-refractivity contribution is 5.80. The lowest BCUT2D eigenvalue weighted by molar-refractivity contribution is 0.249. The fourth-order valence-electron chi connectivity index (χ4n) is 2.82. The second-order valence-electron chi connectivity index (χ2n) is 5.64. The molecule has 3 nitrogen and oxygen atoms in total. The van der Waals surface area contributed by atoms with Gasteiger partial charge in [-0.1, -0.05) is 80.4 Å². The summed E-state index contributed by atoms with van der Waals surface area (Å²) < 4.78 is 7.32. The van der Waals surface area contributed by atoms with Crippen molar-refractivity contribution in [2.24, 2.45) is 0 Å². The van der Waals surface area contributed by atoms with Crippen LogP contribution in [0.25, 0.3) is 22.4 Å². The van der Waals surface area contributed by atoms with Crippen molar-refractivity contribution >= 4 is 0 Å². The topological polar surface area (TPSA) is 35.1 Å². The van der Waals surface area contributed by atoms with E-state index in [-0.39, 0.29) is 5.63 Å². The van der Waals surface area contributed by atoms with E-state index in [1.807, 2.05) is 60.7 Å². The molecule has 1 heterocycles. The van der Waals surface area contributed by atoms with Gasteiger partial charge in [0.1, 0.15) is 0 Å². The van der Waals surface area contributed by atoms with E-state index in [9.17, 15) is 4.79 Å². The second kappa shape index (κ2) is 7.14. The van der Waals surface area contributed by atoms with Gasteiger partial charge in [-0.25, -0.2) is 9.53 Å². The van der Waals surface area contributed by atoms with Crippen LogP contribution in [-0.2, 0) is 6.54 Å². The van der Waals surface area contributed by atoms with Gasteiger partial charge in [0, 0.05) is 5.56 Å². The average Bonchev–Trinajstić information content (AvgIpc) is 2.93. The number of benzene rings is 2. The third kappa shape index (κ3) is 3.29. The monoisotopic (exact) mass is 307 g/mol. The highest BCUT2D eigenvalue weighted by Crippen LogP contribution is 2.30. The van der Waals surface area contributed by atoms with Crippen LogP contribution in [0.3, 0.4) is 0 Å². The summed E-state index contributed by atoms with van der Waals surface area (Å²) in [5.41, 5.74) is 3.15. The minimum Gasteiger partial charge on any atom is -0.335 e. The number of unbranched alkanes of at least 4 members (excludes halogenated alkanes) is 2. The Labute approximate surface area is 136 Å². The molecular weight excluding hydrogens is 286 g/mol. The van der Waals surface area contributed by atoms with E-state index in [2.05, 4.69) is 6.92 Å². The fraction of sp³-hybridized carbons (Fsp3) is 0.250. The molecule has 23 heavy (non-hydrogen) atoms. The number of aryl methyl sites for hydroxylation is 1. The maximum absolute atomic E-state index is 12.5. The smallest absolute Gasteiger partial charge is 0.335 e. The van der Waals surface area contributed by atoms with Crippen molar-refractivity contribution in [2.75, 3.05) is 0 Å². The summed E-state index contributed by atoms with van der Waals surface area (Å²) in [6.45, 7) is 2.89. The zero-order valence-electron chi connectivity index (χ0n) is 13.4. The van der Waals surface area contributed by atoms with Gasteiger partial charge in [0.25, 0.3) is 0 Å². The predicted molar refractivity (Wildman–Crippen MR) is 93.4 cm³/mol.